The van der Waals surface area contributed by atoms with Crippen LogP contribution in [0.25, 0.3) is 0 Å². The molecule has 3 rings (SSSR count). The van der Waals surface area contributed by atoms with Gasteiger partial charge in [0, 0.05) is 23.7 Å². The van der Waals surface area contributed by atoms with E-state index in [0.717, 1.165) is 18.2 Å². The SMILES string of the molecule is O=C(Nc1cc(C(F)(F)F)ccc1Cl)C1CCCN(Cc2c(F)cccc2Cl)C1. The molecular weight excluding hydrogens is 431 g/mol. The summed E-state index contributed by atoms with van der Waals surface area (Å²) in [5.74, 6) is -1.30. The summed E-state index contributed by atoms with van der Waals surface area (Å²) in [4.78, 5) is 14.5. The van der Waals surface area contributed by atoms with Crippen LogP contribution in [0.1, 0.15) is 24.0 Å². The minimum absolute atomic E-state index is 0.0251. The minimum atomic E-state index is -4.54. The first-order valence-corrected chi connectivity index (χ1v) is 9.73. The molecule has 29 heavy (non-hydrogen) atoms. The molecule has 156 valence electrons. The third-order valence-corrected chi connectivity index (χ3v) is 5.55. The van der Waals surface area contributed by atoms with Crippen molar-refractivity contribution in [1.82, 2.24) is 4.90 Å². The van der Waals surface area contributed by atoms with Crippen molar-refractivity contribution in [3.05, 3.63) is 63.4 Å². The lowest BCUT2D eigenvalue weighted by Crippen LogP contribution is -2.40. The number of nitrogens with one attached hydrogen (secondary N) is 1. The van der Waals surface area contributed by atoms with Gasteiger partial charge in [-0.1, -0.05) is 29.3 Å². The Morgan fingerprint density at radius 3 is 2.62 bits per heavy atom. The fourth-order valence-corrected chi connectivity index (χ4v) is 3.74. The summed E-state index contributed by atoms with van der Waals surface area (Å²) in [5, 5.41) is 2.84. The molecule has 0 aliphatic carbocycles. The molecule has 0 aromatic heterocycles. The molecule has 2 aromatic rings. The number of benzene rings is 2. The van der Waals surface area contributed by atoms with E-state index in [1.165, 1.54) is 12.1 Å². The van der Waals surface area contributed by atoms with Gasteiger partial charge in [-0.15, -0.1) is 0 Å². The third kappa shape index (κ3) is 5.41. The molecule has 2 aromatic carbocycles. The molecule has 1 fully saturated rings. The zero-order valence-electron chi connectivity index (χ0n) is 15.2. The molecule has 0 spiro atoms. The Labute approximate surface area is 175 Å². The molecule has 1 amide bonds. The van der Waals surface area contributed by atoms with Crippen molar-refractivity contribution in [3.8, 4) is 0 Å². The predicted molar refractivity (Wildman–Crippen MR) is 104 cm³/mol. The van der Waals surface area contributed by atoms with Crippen LogP contribution in [0.2, 0.25) is 10.0 Å². The van der Waals surface area contributed by atoms with Crippen LogP contribution in [0.3, 0.4) is 0 Å². The van der Waals surface area contributed by atoms with Gasteiger partial charge < -0.3 is 5.32 Å². The summed E-state index contributed by atoms with van der Waals surface area (Å²) in [7, 11) is 0. The lowest BCUT2D eigenvalue weighted by atomic mass is 9.96. The molecule has 0 saturated carbocycles. The number of hydrogen-bond acceptors (Lipinski definition) is 2. The maximum absolute atomic E-state index is 14.0. The first-order chi connectivity index (χ1) is 13.6. The van der Waals surface area contributed by atoms with E-state index in [-0.39, 0.29) is 17.3 Å². The second kappa shape index (κ2) is 8.90. The molecule has 1 unspecified atom stereocenters. The van der Waals surface area contributed by atoms with Crippen LogP contribution in [-0.2, 0) is 17.5 Å². The first-order valence-electron chi connectivity index (χ1n) is 8.98. The van der Waals surface area contributed by atoms with Crippen LogP contribution < -0.4 is 5.32 Å². The fourth-order valence-electron chi connectivity index (χ4n) is 3.35. The standard InChI is InChI=1S/C20H18Cl2F4N2O/c21-15-4-1-5-17(23)14(15)11-28-8-2-3-12(10-28)19(29)27-18-9-13(20(24,25)26)6-7-16(18)22/h1,4-7,9,12H,2-3,8,10-11H2,(H,27,29). The van der Waals surface area contributed by atoms with Gasteiger partial charge in [0.2, 0.25) is 5.91 Å². The second-order valence-electron chi connectivity index (χ2n) is 6.96. The maximum atomic E-state index is 14.0. The van der Waals surface area contributed by atoms with Crippen molar-refractivity contribution in [2.24, 2.45) is 5.92 Å². The number of hydrogen-bond donors (Lipinski definition) is 1. The molecule has 1 heterocycles. The van der Waals surface area contributed by atoms with Crippen LogP contribution >= 0.6 is 23.2 Å². The lowest BCUT2D eigenvalue weighted by Gasteiger charge is -2.32. The molecule has 0 bridgehead atoms. The summed E-state index contributed by atoms with van der Waals surface area (Å²) >= 11 is 12.0. The summed E-state index contributed by atoms with van der Waals surface area (Å²) in [6.45, 7) is 1.26. The van der Waals surface area contributed by atoms with Gasteiger partial charge in [-0.05, 0) is 49.7 Å². The number of nitrogens with zero attached hydrogens (tertiary/aromatic N) is 1. The summed E-state index contributed by atoms with van der Waals surface area (Å²) in [5.41, 5.74) is -0.617. The quantitative estimate of drug-likeness (QED) is 0.581. The van der Waals surface area contributed by atoms with E-state index in [4.69, 9.17) is 23.2 Å². The number of halogens is 6. The van der Waals surface area contributed by atoms with Crippen molar-refractivity contribution in [2.45, 2.75) is 25.6 Å². The van der Waals surface area contributed by atoms with Crippen molar-refractivity contribution in [1.29, 1.82) is 0 Å². The van der Waals surface area contributed by atoms with Gasteiger partial charge in [-0.25, -0.2) is 4.39 Å². The zero-order chi connectivity index (χ0) is 21.2. The third-order valence-electron chi connectivity index (χ3n) is 4.87. The normalized spacial score (nSPS) is 17.9. The minimum Gasteiger partial charge on any atom is -0.324 e. The number of anilines is 1. The van der Waals surface area contributed by atoms with Gasteiger partial charge >= 0.3 is 6.18 Å². The molecule has 1 aliphatic heterocycles. The van der Waals surface area contributed by atoms with E-state index in [1.54, 1.807) is 6.07 Å². The fraction of sp³-hybridized carbons (Fsp3) is 0.350. The number of amides is 1. The Bertz CT molecular complexity index is 884. The summed E-state index contributed by atoms with van der Waals surface area (Å²) in [6.07, 6.45) is -3.27. The maximum Gasteiger partial charge on any atom is 0.416 e. The molecular formula is C20H18Cl2F4N2O. The monoisotopic (exact) mass is 448 g/mol. The highest BCUT2D eigenvalue weighted by Gasteiger charge is 2.32. The van der Waals surface area contributed by atoms with Crippen molar-refractivity contribution in [2.75, 3.05) is 18.4 Å². The average Bonchev–Trinajstić information content (AvgIpc) is 2.66. The first kappa shape index (κ1) is 21.9. The molecule has 1 aliphatic rings. The van der Waals surface area contributed by atoms with E-state index in [2.05, 4.69) is 5.32 Å². The molecule has 3 nitrogen and oxygen atoms in total. The highest BCUT2D eigenvalue weighted by molar-refractivity contribution is 6.33. The number of alkyl halides is 3. The van der Waals surface area contributed by atoms with Crippen LogP contribution in [-0.4, -0.2) is 23.9 Å². The van der Waals surface area contributed by atoms with Crippen LogP contribution in [0.4, 0.5) is 23.2 Å². The van der Waals surface area contributed by atoms with Gasteiger partial charge in [0.15, 0.2) is 0 Å². The molecule has 9 heteroatoms. The Balaban J connectivity index is 1.69. The van der Waals surface area contributed by atoms with Crippen molar-refractivity contribution in [3.63, 3.8) is 0 Å². The largest absolute Gasteiger partial charge is 0.416 e. The van der Waals surface area contributed by atoms with E-state index >= 15 is 0 Å². The Morgan fingerprint density at radius 1 is 1.17 bits per heavy atom. The van der Waals surface area contributed by atoms with E-state index in [0.29, 0.717) is 36.5 Å². The second-order valence-corrected chi connectivity index (χ2v) is 7.77. The smallest absolute Gasteiger partial charge is 0.324 e. The predicted octanol–water partition coefficient (Wildman–Crippen LogP) is 6.00. The number of rotatable bonds is 4. The molecule has 1 N–H and O–H groups in total. The van der Waals surface area contributed by atoms with E-state index < -0.39 is 29.4 Å². The van der Waals surface area contributed by atoms with Gasteiger partial charge in [0.1, 0.15) is 5.82 Å². The molecule has 1 saturated heterocycles. The van der Waals surface area contributed by atoms with Gasteiger partial charge in [0.25, 0.3) is 0 Å². The van der Waals surface area contributed by atoms with E-state index in [1.807, 2.05) is 4.90 Å². The number of likely N-dealkylation sites (tertiary alicyclic amines) is 1. The topological polar surface area (TPSA) is 32.3 Å². The Hall–Kier alpha value is -1.83. The van der Waals surface area contributed by atoms with Gasteiger partial charge in [0.05, 0.1) is 22.2 Å². The van der Waals surface area contributed by atoms with Crippen LogP contribution in [0, 0.1) is 11.7 Å². The number of carbonyl (C=O) groups is 1. The van der Waals surface area contributed by atoms with Gasteiger partial charge in [-0.2, -0.15) is 13.2 Å². The zero-order valence-corrected chi connectivity index (χ0v) is 16.7. The molecule has 1 atom stereocenters. The highest BCUT2D eigenvalue weighted by atomic mass is 35.5. The van der Waals surface area contributed by atoms with Crippen LogP contribution in [0.5, 0.6) is 0 Å². The molecule has 0 radical (unpaired) electrons. The summed E-state index contributed by atoms with van der Waals surface area (Å²) < 4.78 is 52.8. The Morgan fingerprint density at radius 2 is 1.93 bits per heavy atom. The number of piperidine rings is 1. The van der Waals surface area contributed by atoms with Crippen molar-refractivity contribution >= 4 is 34.8 Å². The highest BCUT2D eigenvalue weighted by Crippen LogP contribution is 2.34. The number of carbonyl (C=O) groups excluding carboxylic acids is 1. The Kier molecular flexibility index (Phi) is 6.71. The van der Waals surface area contributed by atoms with Crippen LogP contribution in [0.15, 0.2) is 36.4 Å². The van der Waals surface area contributed by atoms with Crippen molar-refractivity contribution < 1.29 is 22.4 Å². The average molecular weight is 449 g/mol. The summed E-state index contributed by atoms with van der Waals surface area (Å²) in [6, 6.07) is 7.23. The lowest BCUT2D eigenvalue weighted by molar-refractivity contribution is -0.137. The van der Waals surface area contributed by atoms with E-state index in [9.17, 15) is 22.4 Å². The van der Waals surface area contributed by atoms with Gasteiger partial charge in [-0.3, -0.25) is 9.69 Å².